The van der Waals surface area contributed by atoms with Crippen LogP contribution in [0.2, 0.25) is 5.02 Å². The van der Waals surface area contributed by atoms with Crippen molar-refractivity contribution in [2.24, 2.45) is 0 Å². The molecule has 3 N–H and O–H groups in total. The second-order valence-corrected chi connectivity index (χ2v) is 5.51. The third-order valence-corrected chi connectivity index (χ3v) is 3.61. The van der Waals surface area contributed by atoms with Gasteiger partial charge in [-0.15, -0.1) is 0 Å². The van der Waals surface area contributed by atoms with E-state index in [-0.39, 0.29) is 11.9 Å². The number of benzene rings is 1. The Morgan fingerprint density at radius 1 is 1.55 bits per heavy atom. The summed E-state index contributed by atoms with van der Waals surface area (Å²) in [7, 11) is 1.86. The Kier molecular flexibility index (Phi) is 4.52. The number of rotatable bonds is 5. The average molecular weight is 298 g/mol. The first-order chi connectivity index (χ1) is 9.43. The molecule has 1 amide bonds. The van der Waals surface area contributed by atoms with E-state index in [1.807, 2.05) is 31.0 Å². The van der Waals surface area contributed by atoms with Crippen LogP contribution in [0.15, 0.2) is 12.1 Å². The molecule has 2 rings (SSSR count). The molecule has 1 aliphatic rings. The molecule has 5 nitrogen and oxygen atoms in total. The van der Waals surface area contributed by atoms with E-state index in [1.54, 1.807) is 6.92 Å². The number of anilines is 2. The number of nitrogens with zero attached hydrogens (tertiary/aromatic N) is 1. The molecule has 0 saturated heterocycles. The Balaban J connectivity index is 2.33. The van der Waals surface area contributed by atoms with Gasteiger partial charge in [0.2, 0.25) is 5.91 Å². The highest BCUT2D eigenvalue weighted by Gasteiger charge is 2.31. The molecule has 2 unspecified atom stereocenters. The fraction of sp³-hybridized carbons (Fsp3) is 0.500. The quantitative estimate of drug-likeness (QED) is 0.775. The number of fused-ring (bicyclic) bond motifs is 1. The van der Waals surface area contributed by atoms with Gasteiger partial charge >= 0.3 is 0 Å². The van der Waals surface area contributed by atoms with E-state index < -0.39 is 6.10 Å². The molecule has 2 atom stereocenters. The number of halogens is 1. The zero-order chi connectivity index (χ0) is 14.9. The number of likely N-dealkylation sites (N-methyl/N-ethyl adjacent to an activating group) is 2. The van der Waals surface area contributed by atoms with Crippen LogP contribution in [-0.2, 0) is 4.79 Å². The third kappa shape index (κ3) is 2.90. The second kappa shape index (κ2) is 5.99. The first kappa shape index (κ1) is 15.1. The zero-order valence-electron chi connectivity index (χ0n) is 11.9. The molecule has 20 heavy (non-hydrogen) atoms. The Morgan fingerprint density at radius 2 is 2.25 bits per heavy atom. The number of hydrogen-bond acceptors (Lipinski definition) is 4. The SMILES string of the molecule is CCNC1C(=O)Nc2cc(N(C)CC(C)O)c(Cl)cc21. The standard InChI is InChI=1S/C14H20ClN3O2/c1-4-16-13-9-5-10(15)12(18(3)7-8(2)19)6-11(9)17-14(13)20/h5-6,8,13,16,19H,4,7H2,1-3H3,(H,17,20). The van der Waals surface area contributed by atoms with Gasteiger partial charge in [0, 0.05) is 24.8 Å². The maximum absolute atomic E-state index is 11.9. The Bertz CT molecular complexity index is 519. The van der Waals surface area contributed by atoms with E-state index in [2.05, 4.69) is 10.6 Å². The molecule has 0 aromatic heterocycles. The van der Waals surface area contributed by atoms with Crippen LogP contribution in [0.1, 0.15) is 25.5 Å². The minimum absolute atomic E-state index is 0.0618. The fourth-order valence-corrected chi connectivity index (χ4v) is 2.78. The van der Waals surface area contributed by atoms with Gasteiger partial charge in [-0.3, -0.25) is 4.79 Å². The molecule has 1 heterocycles. The number of carbonyl (C=O) groups excluding carboxylic acids is 1. The average Bonchev–Trinajstić information content (AvgIpc) is 2.64. The summed E-state index contributed by atoms with van der Waals surface area (Å²) in [5.74, 6) is -0.0618. The fourth-order valence-electron chi connectivity index (χ4n) is 2.46. The summed E-state index contributed by atoms with van der Waals surface area (Å²) in [6.07, 6.45) is -0.451. The Labute approximate surface area is 123 Å². The summed E-state index contributed by atoms with van der Waals surface area (Å²) in [5.41, 5.74) is 2.44. The summed E-state index contributed by atoms with van der Waals surface area (Å²) in [5, 5.41) is 16.0. The number of nitrogens with one attached hydrogen (secondary N) is 2. The number of hydrogen-bond donors (Lipinski definition) is 3. The van der Waals surface area contributed by atoms with Crippen LogP contribution >= 0.6 is 11.6 Å². The van der Waals surface area contributed by atoms with Crippen LogP contribution in [0.25, 0.3) is 0 Å². The molecule has 1 aromatic carbocycles. The van der Waals surface area contributed by atoms with E-state index in [0.717, 1.165) is 16.9 Å². The molecule has 110 valence electrons. The summed E-state index contributed by atoms with van der Waals surface area (Å²) < 4.78 is 0. The van der Waals surface area contributed by atoms with Crippen LogP contribution in [0.3, 0.4) is 0 Å². The van der Waals surface area contributed by atoms with E-state index in [1.165, 1.54) is 0 Å². The largest absolute Gasteiger partial charge is 0.392 e. The summed E-state index contributed by atoms with van der Waals surface area (Å²) in [6.45, 7) is 4.86. The lowest BCUT2D eigenvalue weighted by Crippen LogP contribution is -2.27. The molecule has 0 bridgehead atoms. The highest BCUT2D eigenvalue weighted by atomic mass is 35.5. The molecule has 0 aliphatic carbocycles. The van der Waals surface area contributed by atoms with Crippen molar-refractivity contribution < 1.29 is 9.90 Å². The van der Waals surface area contributed by atoms with Crippen molar-refractivity contribution in [1.29, 1.82) is 0 Å². The van der Waals surface area contributed by atoms with Crippen molar-refractivity contribution in [2.75, 3.05) is 30.4 Å². The van der Waals surface area contributed by atoms with Crippen LogP contribution in [-0.4, -0.2) is 37.3 Å². The van der Waals surface area contributed by atoms with Crippen molar-refractivity contribution in [1.82, 2.24) is 5.32 Å². The van der Waals surface area contributed by atoms with Crippen LogP contribution < -0.4 is 15.5 Å². The van der Waals surface area contributed by atoms with Crippen molar-refractivity contribution in [3.05, 3.63) is 22.7 Å². The molecule has 1 aliphatic heterocycles. The maximum Gasteiger partial charge on any atom is 0.246 e. The third-order valence-electron chi connectivity index (χ3n) is 3.31. The van der Waals surface area contributed by atoms with Gasteiger partial charge in [0.05, 0.1) is 16.8 Å². The van der Waals surface area contributed by atoms with E-state index in [9.17, 15) is 9.90 Å². The smallest absolute Gasteiger partial charge is 0.246 e. The van der Waals surface area contributed by atoms with Crippen LogP contribution in [0.5, 0.6) is 0 Å². The maximum atomic E-state index is 11.9. The molecular weight excluding hydrogens is 278 g/mol. The number of amides is 1. The van der Waals surface area contributed by atoms with Gasteiger partial charge in [0.1, 0.15) is 6.04 Å². The number of carbonyl (C=O) groups is 1. The monoisotopic (exact) mass is 297 g/mol. The van der Waals surface area contributed by atoms with Gasteiger partial charge in [-0.1, -0.05) is 18.5 Å². The minimum atomic E-state index is -0.451. The lowest BCUT2D eigenvalue weighted by molar-refractivity contribution is -0.117. The van der Waals surface area contributed by atoms with E-state index in [4.69, 9.17) is 11.6 Å². The number of aliphatic hydroxyl groups is 1. The topological polar surface area (TPSA) is 64.6 Å². The summed E-state index contributed by atoms with van der Waals surface area (Å²) in [4.78, 5) is 13.8. The molecule has 0 spiro atoms. The molecule has 0 saturated carbocycles. The van der Waals surface area contributed by atoms with Crippen molar-refractivity contribution in [2.45, 2.75) is 26.0 Å². The van der Waals surface area contributed by atoms with Gasteiger partial charge in [-0.2, -0.15) is 0 Å². The number of aliphatic hydroxyl groups excluding tert-OH is 1. The summed E-state index contributed by atoms with van der Waals surface area (Å²) >= 11 is 6.31. The van der Waals surface area contributed by atoms with Crippen molar-refractivity contribution >= 4 is 28.9 Å². The van der Waals surface area contributed by atoms with Crippen molar-refractivity contribution in [3.8, 4) is 0 Å². The lowest BCUT2D eigenvalue weighted by atomic mass is 10.1. The summed E-state index contributed by atoms with van der Waals surface area (Å²) in [6, 6.07) is 3.33. The first-order valence-electron chi connectivity index (χ1n) is 6.71. The molecule has 6 heteroatoms. The van der Waals surface area contributed by atoms with Crippen LogP contribution in [0, 0.1) is 0 Å². The van der Waals surface area contributed by atoms with Crippen LogP contribution in [0.4, 0.5) is 11.4 Å². The highest BCUT2D eigenvalue weighted by molar-refractivity contribution is 6.33. The van der Waals surface area contributed by atoms with Gasteiger partial charge in [0.25, 0.3) is 0 Å². The molecule has 0 radical (unpaired) electrons. The Morgan fingerprint density at radius 3 is 2.85 bits per heavy atom. The molecular formula is C14H20ClN3O2. The molecule has 0 fully saturated rings. The van der Waals surface area contributed by atoms with E-state index in [0.29, 0.717) is 18.1 Å². The first-order valence-corrected chi connectivity index (χ1v) is 7.08. The van der Waals surface area contributed by atoms with Gasteiger partial charge in [-0.05, 0) is 25.6 Å². The van der Waals surface area contributed by atoms with Gasteiger partial charge in [-0.25, -0.2) is 0 Å². The highest BCUT2D eigenvalue weighted by Crippen LogP contribution is 2.38. The van der Waals surface area contributed by atoms with Gasteiger partial charge in [0.15, 0.2) is 0 Å². The van der Waals surface area contributed by atoms with Crippen molar-refractivity contribution in [3.63, 3.8) is 0 Å². The Hall–Kier alpha value is -1.30. The normalized spacial score (nSPS) is 18.6. The zero-order valence-corrected chi connectivity index (χ0v) is 12.7. The second-order valence-electron chi connectivity index (χ2n) is 5.10. The predicted molar refractivity (Wildman–Crippen MR) is 81.5 cm³/mol. The lowest BCUT2D eigenvalue weighted by Gasteiger charge is -2.23. The van der Waals surface area contributed by atoms with Gasteiger partial charge < -0.3 is 20.6 Å². The predicted octanol–water partition coefficient (Wildman–Crippen LogP) is 1.76. The molecule has 1 aromatic rings. The minimum Gasteiger partial charge on any atom is -0.392 e. The van der Waals surface area contributed by atoms with E-state index >= 15 is 0 Å².